The van der Waals surface area contributed by atoms with Crippen molar-refractivity contribution in [1.82, 2.24) is 5.32 Å². The molecule has 0 saturated carbocycles. The third-order valence-corrected chi connectivity index (χ3v) is 3.35. The Bertz CT molecular complexity index is 552. The maximum atomic E-state index is 11.6. The van der Waals surface area contributed by atoms with Crippen molar-refractivity contribution in [2.75, 3.05) is 14.2 Å². The fourth-order valence-corrected chi connectivity index (χ4v) is 2.50. The van der Waals surface area contributed by atoms with Crippen molar-refractivity contribution >= 4 is 15.9 Å². The van der Waals surface area contributed by atoms with Gasteiger partial charge in [-0.25, -0.2) is 13.6 Å². The maximum Gasteiger partial charge on any atom is 0.254 e. The van der Waals surface area contributed by atoms with Crippen molar-refractivity contribution < 1.29 is 17.9 Å². The Kier molecular flexibility index (Phi) is 3.74. The summed E-state index contributed by atoms with van der Waals surface area (Å²) in [6.45, 7) is 1.58. The lowest BCUT2D eigenvalue weighted by Crippen LogP contribution is -2.21. The van der Waals surface area contributed by atoms with Crippen molar-refractivity contribution in [2.24, 2.45) is 5.14 Å². The van der Waals surface area contributed by atoms with Gasteiger partial charge in [0.15, 0.2) is 5.75 Å². The molecule has 1 aromatic carbocycles. The smallest absolute Gasteiger partial charge is 0.254 e. The molecule has 0 heterocycles. The summed E-state index contributed by atoms with van der Waals surface area (Å²) in [7, 11) is -1.22. The van der Waals surface area contributed by atoms with Crippen LogP contribution in [0, 0.1) is 6.92 Å². The van der Waals surface area contributed by atoms with E-state index < -0.39 is 15.9 Å². The number of methoxy groups -OCH3 is 1. The zero-order valence-electron chi connectivity index (χ0n) is 9.77. The molecular weight excluding hydrogens is 244 g/mol. The Hall–Kier alpha value is -1.60. The molecule has 1 aromatic rings. The van der Waals surface area contributed by atoms with Gasteiger partial charge in [0.2, 0.25) is 10.0 Å². The second-order valence-electron chi connectivity index (χ2n) is 3.42. The molecule has 17 heavy (non-hydrogen) atoms. The first-order chi connectivity index (χ1) is 7.82. The summed E-state index contributed by atoms with van der Waals surface area (Å²) in [4.78, 5) is 11.4. The van der Waals surface area contributed by atoms with Crippen molar-refractivity contribution in [3.05, 3.63) is 23.3 Å². The third kappa shape index (κ3) is 2.56. The first-order valence-electron chi connectivity index (χ1n) is 4.75. The molecule has 0 bridgehead atoms. The predicted molar refractivity (Wildman–Crippen MR) is 62.5 cm³/mol. The van der Waals surface area contributed by atoms with Crippen LogP contribution in [-0.2, 0) is 10.0 Å². The third-order valence-electron chi connectivity index (χ3n) is 2.27. The van der Waals surface area contributed by atoms with Gasteiger partial charge in [-0.3, -0.25) is 4.79 Å². The summed E-state index contributed by atoms with van der Waals surface area (Å²) in [6, 6.07) is 2.99. The monoisotopic (exact) mass is 258 g/mol. The van der Waals surface area contributed by atoms with Gasteiger partial charge in [0.1, 0.15) is 4.90 Å². The van der Waals surface area contributed by atoms with Crippen molar-refractivity contribution in [3.63, 3.8) is 0 Å². The Morgan fingerprint density at radius 3 is 2.41 bits per heavy atom. The number of nitrogens with one attached hydrogen (secondary N) is 1. The lowest BCUT2D eigenvalue weighted by atomic mass is 10.1. The fourth-order valence-electron chi connectivity index (χ4n) is 1.53. The van der Waals surface area contributed by atoms with Crippen LogP contribution in [0.2, 0.25) is 0 Å². The van der Waals surface area contributed by atoms with Gasteiger partial charge < -0.3 is 10.1 Å². The number of benzene rings is 1. The van der Waals surface area contributed by atoms with Gasteiger partial charge in [-0.2, -0.15) is 0 Å². The van der Waals surface area contributed by atoms with E-state index in [0.29, 0.717) is 5.56 Å². The molecule has 0 aliphatic carbocycles. The molecule has 7 heteroatoms. The summed E-state index contributed by atoms with van der Waals surface area (Å²) in [6.07, 6.45) is 0. The number of sulfonamides is 1. The van der Waals surface area contributed by atoms with Crippen LogP contribution >= 0.6 is 0 Å². The number of ether oxygens (including phenoxy) is 1. The van der Waals surface area contributed by atoms with Crippen molar-refractivity contribution in [3.8, 4) is 5.75 Å². The number of amides is 1. The molecule has 0 spiro atoms. The molecule has 0 saturated heterocycles. The topological polar surface area (TPSA) is 98.5 Å². The Labute approximate surface area is 99.8 Å². The first-order valence-corrected chi connectivity index (χ1v) is 6.30. The number of hydrogen-bond acceptors (Lipinski definition) is 4. The Morgan fingerprint density at radius 1 is 1.41 bits per heavy atom. The van der Waals surface area contributed by atoms with E-state index in [2.05, 4.69) is 5.32 Å². The normalized spacial score (nSPS) is 11.1. The summed E-state index contributed by atoms with van der Waals surface area (Å²) in [5, 5.41) is 7.50. The molecule has 94 valence electrons. The fraction of sp³-hybridized carbons (Fsp3) is 0.300. The van der Waals surface area contributed by atoms with E-state index in [1.807, 2.05) is 0 Å². The van der Waals surface area contributed by atoms with Gasteiger partial charge in [0.05, 0.1) is 12.7 Å². The van der Waals surface area contributed by atoms with Crippen LogP contribution in [0.15, 0.2) is 17.0 Å². The lowest BCUT2D eigenvalue weighted by molar-refractivity contribution is 0.0959. The first kappa shape index (κ1) is 13.5. The van der Waals surface area contributed by atoms with Gasteiger partial charge in [0, 0.05) is 7.05 Å². The number of carbonyl (C=O) groups excluding carboxylic acids is 1. The molecule has 0 aliphatic rings. The number of primary sulfonamides is 1. The van der Waals surface area contributed by atoms with Crippen LogP contribution in [0.3, 0.4) is 0 Å². The van der Waals surface area contributed by atoms with Crippen LogP contribution in [0.5, 0.6) is 5.75 Å². The predicted octanol–water partition coefficient (Wildman–Crippen LogP) is 0.0106. The standard InChI is InChI=1S/C10H14N2O4S/c1-6-4-5-7(10(13)12-2)8(16-3)9(6)17(11,14)15/h4-5H,1-3H3,(H,12,13)(H2,11,14,15). The van der Waals surface area contributed by atoms with E-state index in [1.165, 1.54) is 26.3 Å². The van der Waals surface area contributed by atoms with E-state index >= 15 is 0 Å². The van der Waals surface area contributed by atoms with Crippen LogP contribution in [0.25, 0.3) is 0 Å². The minimum Gasteiger partial charge on any atom is -0.494 e. The Morgan fingerprint density at radius 2 is 2.00 bits per heavy atom. The quantitative estimate of drug-likeness (QED) is 0.797. The number of hydrogen-bond donors (Lipinski definition) is 2. The maximum absolute atomic E-state index is 11.6. The summed E-state index contributed by atoms with van der Waals surface area (Å²) < 4.78 is 27.9. The zero-order valence-corrected chi connectivity index (χ0v) is 10.6. The van der Waals surface area contributed by atoms with Crippen LogP contribution in [-0.4, -0.2) is 28.5 Å². The highest BCUT2D eigenvalue weighted by Gasteiger charge is 2.23. The minimum absolute atomic E-state index is 0.0353. The van der Waals surface area contributed by atoms with Gasteiger partial charge in [-0.15, -0.1) is 0 Å². The number of carbonyl (C=O) groups is 1. The highest BCUT2D eigenvalue weighted by Crippen LogP contribution is 2.30. The molecule has 0 aliphatic heterocycles. The molecule has 3 N–H and O–H groups in total. The van der Waals surface area contributed by atoms with Crippen LogP contribution in [0.1, 0.15) is 15.9 Å². The number of aryl methyl sites for hydroxylation is 1. The van der Waals surface area contributed by atoms with Crippen LogP contribution < -0.4 is 15.2 Å². The van der Waals surface area contributed by atoms with Gasteiger partial charge in [-0.05, 0) is 18.6 Å². The summed E-state index contributed by atoms with van der Waals surface area (Å²) >= 11 is 0. The Balaban J connectivity index is 3.65. The second-order valence-corrected chi connectivity index (χ2v) is 4.91. The van der Waals surface area contributed by atoms with E-state index in [9.17, 15) is 13.2 Å². The van der Waals surface area contributed by atoms with E-state index in [-0.39, 0.29) is 16.2 Å². The van der Waals surface area contributed by atoms with E-state index in [1.54, 1.807) is 6.92 Å². The average Bonchev–Trinajstić information content (AvgIpc) is 2.25. The molecule has 6 nitrogen and oxygen atoms in total. The van der Waals surface area contributed by atoms with Gasteiger partial charge >= 0.3 is 0 Å². The van der Waals surface area contributed by atoms with Crippen molar-refractivity contribution in [2.45, 2.75) is 11.8 Å². The second kappa shape index (κ2) is 4.72. The average molecular weight is 258 g/mol. The summed E-state index contributed by atoms with van der Waals surface area (Å²) in [5.41, 5.74) is 0.557. The molecule has 0 unspecified atom stereocenters. The highest BCUT2D eigenvalue weighted by molar-refractivity contribution is 7.89. The van der Waals surface area contributed by atoms with Gasteiger partial charge in [0.25, 0.3) is 5.91 Å². The van der Waals surface area contributed by atoms with Crippen molar-refractivity contribution in [1.29, 1.82) is 0 Å². The summed E-state index contributed by atoms with van der Waals surface area (Å²) in [5.74, 6) is -0.474. The molecule has 0 aromatic heterocycles. The molecule has 1 amide bonds. The largest absolute Gasteiger partial charge is 0.494 e. The molecule has 0 fully saturated rings. The van der Waals surface area contributed by atoms with Crippen LogP contribution in [0.4, 0.5) is 0 Å². The van der Waals surface area contributed by atoms with E-state index in [0.717, 1.165) is 0 Å². The minimum atomic E-state index is -3.95. The molecule has 0 radical (unpaired) electrons. The highest BCUT2D eigenvalue weighted by atomic mass is 32.2. The molecule has 0 atom stereocenters. The number of nitrogens with two attached hydrogens (primary N) is 1. The number of rotatable bonds is 3. The zero-order chi connectivity index (χ0) is 13.2. The lowest BCUT2D eigenvalue weighted by Gasteiger charge is -2.13. The SMILES string of the molecule is CNC(=O)c1ccc(C)c(S(N)(=O)=O)c1OC. The van der Waals surface area contributed by atoms with Gasteiger partial charge in [-0.1, -0.05) is 6.07 Å². The van der Waals surface area contributed by atoms with E-state index in [4.69, 9.17) is 9.88 Å². The molecule has 1 rings (SSSR count). The molecular formula is C10H14N2O4S.